The molecule has 0 heterocycles. The molecule has 0 bridgehead atoms. The van der Waals surface area contributed by atoms with Crippen LogP contribution in [0.4, 0.5) is 0 Å². The largest absolute Gasteiger partial charge is 0.462 e. The summed E-state index contributed by atoms with van der Waals surface area (Å²) in [7, 11) is 0. The zero-order chi connectivity index (χ0) is 50.0. The third kappa shape index (κ3) is 54.9. The minimum absolute atomic E-state index is 0.114. The second-order valence-corrected chi connectivity index (χ2v) is 18.5. The lowest BCUT2D eigenvalue weighted by Gasteiger charge is -2.18. The fraction of sp³-hybridized carbons (Fsp3) is 0.667. The third-order valence-corrected chi connectivity index (χ3v) is 11.7. The Morgan fingerprint density at radius 2 is 0.609 bits per heavy atom. The number of rotatable bonds is 50. The lowest BCUT2D eigenvalue weighted by atomic mass is 10.1. The van der Waals surface area contributed by atoms with Gasteiger partial charge in [-0.1, -0.05) is 233 Å². The van der Waals surface area contributed by atoms with Crippen molar-refractivity contribution in [2.24, 2.45) is 0 Å². The van der Waals surface area contributed by atoms with Crippen molar-refractivity contribution >= 4 is 17.9 Å². The normalized spacial score (nSPS) is 12.9. The van der Waals surface area contributed by atoms with Gasteiger partial charge in [-0.2, -0.15) is 0 Å². The minimum atomic E-state index is -0.825. The van der Waals surface area contributed by atoms with Gasteiger partial charge in [0.1, 0.15) is 13.2 Å². The Morgan fingerprint density at radius 3 is 1.00 bits per heavy atom. The van der Waals surface area contributed by atoms with E-state index in [0.717, 1.165) is 96.3 Å². The van der Waals surface area contributed by atoms with E-state index in [1.165, 1.54) is 109 Å². The van der Waals surface area contributed by atoms with Crippen LogP contribution in [0.15, 0.2) is 109 Å². The zero-order valence-electron chi connectivity index (χ0n) is 44.8. The maximum Gasteiger partial charge on any atom is 0.306 e. The van der Waals surface area contributed by atoms with Crippen LogP contribution in [-0.4, -0.2) is 37.2 Å². The highest BCUT2D eigenvalue weighted by Crippen LogP contribution is 2.14. The second-order valence-electron chi connectivity index (χ2n) is 18.5. The molecule has 0 aromatic rings. The monoisotopic (exact) mass is 957 g/mol. The first kappa shape index (κ1) is 65.1. The number of esters is 3. The summed E-state index contributed by atoms with van der Waals surface area (Å²) in [5, 5.41) is 0. The lowest BCUT2D eigenvalue weighted by molar-refractivity contribution is -0.166. The van der Waals surface area contributed by atoms with Crippen molar-refractivity contribution in [3.05, 3.63) is 109 Å². The van der Waals surface area contributed by atoms with Gasteiger partial charge in [-0.05, 0) is 109 Å². The topological polar surface area (TPSA) is 78.9 Å². The molecule has 0 aliphatic heterocycles. The van der Waals surface area contributed by atoms with Gasteiger partial charge in [0, 0.05) is 19.3 Å². The van der Waals surface area contributed by atoms with Crippen LogP contribution in [0.2, 0.25) is 0 Å². The van der Waals surface area contributed by atoms with E-state index in [1.807, 2.05) is 12.2 Å². The Bertz CT molecular complexity index is 1420. The molecule has 0 N–H and O–H groups in total. The number of ether oxygens (including phenoxy) is 3. The van der Waals surface area contributed by atoms with Crippen molar-refractivity contribution in [2.45, 2.75) is 258 Å². The van der Waals surface area contributed by atoms with Crippen molar-refractivity contribution < 1.29 is 28.6 Å². The minimum Gasteiger partial charge on any atom is -0.462 e. The molecule has 0 spiro atoms. The highest BCUT2D eigenvalue weighted by atomic mass is 16.6. The summed E-state index contributed by atoms with van der Waals surface area (Å²) in [5.41, 5.74) is 0. The standard InChI is InChI=1S/C63H104O6/c1-4-7-10-13-16-19-22-24-26-28-30-31-33-34-36-38-41-44-47-50-53-56-62(65)68-59-60(58-67-61(64)55-52-49-46-43-40-21-18-15-12-9-6-3)69-63(66)57-54-51-48-45-42-39-37-35-32-29-27-25-23-20-17-14-11-8-5-2/h8,11,15,17-18,20,22,24-25,27-28,30,32,35,39,42,48,51,60H,4-7,9-10,12-14,16,19,21,23,26,29,31,33-34,36-38,40-41,43-47,49-50,52-59H2,1-3H3/b11-8-,18-15-,20-17-,24-22-,27-25-,30-28-,35-32-,42-39-,51-48-. The van der Waals surface area contributed by atoms with E-state index in [0.29, 0.717) is 19.3 Å². The first-order valence-electron chi connectivity index (χ1n) is 28.4. The smallest absolute Gasteiger partial charge is 0.306 e. The molecule has 0 rings (SSSR count). The molecule has 0 saturated carbocycles. The van der Waals surface area contributed by atoms with E-state index in [9.17, 15) is 14.4 Å². The molecule has 0 aliphatic rings. The van der Waals surface area contributed by atoms with Gasteiger partial charge in [0.15, 0.2) is 6.10 Å². The molecule has 0 amide bonds. The summed E-state index contributed by atoms with van der Waals surface area (Å²) in [6.45, 7) is 6.40. The summed E-state index contributed by atoms with van der Waals surface area (Å²) >= 11 is 0. The van der Waals surface area contributed by atoms with Crippen molar-refractivity contribution in [1.29, 1.82) is 0 Å². The predicted molar refractivity (Wildman–Crippen MR) is 297 cm³/mol. The molecule has 392 valence electrons. The Labute approximate surface area is 425 Å². The quantitative estimate of drug-likeness (QED) is 0.0262. The summed E-state index contributed by atoms with van der Waals surface area (Å²) < 4.78 is 16.8. The molecule has 0 fully saturated rings. The van der Waals surface area contributed by atoms with Crippen molar-refractivity contribution in [2.75, 3.05) is 13.2 Å². The van der Waals surface area contributed by atoms with Gasteiger partial charge in [-0.15, -0.1) is 0 Å². The maximum absolute atomic E-state index is 12.8. The van der Waals surface area contributed by atoms with Crippen LogP contribution in [-0.2, 0) is 28.6 Å². The van der Waals surface area contributed by atoms with Gasteiger partial charge in [0.05, 0.1) is 0 Å². The summed E-state index contributed by atoms with van der Waals surface area (Å²) in [6, 6.07) is 0. The van der Waals surface area contributed by atoms with E-state index in [1.54, 1.807) is 0 Å². The van der Waals surface area contributed by atoms with E-state index in [2.05, 4.69) is 118 Å². The van der Waals surface area contributed by atoms with Crippen LogP contribution >= 0.6 is 0 Å². The molecule has 0 aromatic heterocycles. The average Bonchev–Trinajstić information content (AvgIpc) is 3.35. The van der Waals surface area contributed by atoms with Gasteiger partial charge >= 0.3 is 17.9 Å². The highest BCUT2D eigenvalue weighted by Gasteiger charge is 2.19. The van der Waals surface area contributed by atoms with E-state index in [4.69, 9.17) is 14.2 Å². The van der Waals surface area contributed by atoms with E-state index < -0.39 is 12.1 Å². The molecule has 0 aliphatic carbocycles. The fourth-order valence-corrected chi connectivity index (χ4v) is 7.48. The summed E-state index contributed by atoms with van der Waals surface area (Å²) in [5.74, 6) is -1.01. The van der Waals surface area contributed by atoms with Crippen molar-refractivity contribution in [1.82, 2.24) is 0 Å². The first-order valence-corrected chi connectivity index (χ1v) is 28.4. The Balaban J connectivity index is 4.46. The first-order chi connectivity index (χ1) is 34.0. The number of unbranched alkanes of at least 4 members (excludes halogenated alkanes) is 21. The van der Waals surface area contributed by atoms with Crippen LogP contribution in [0.5, 0.6) is 0 Å². The van der Waals surface area contributed by atoms with Crippen LogP contribution in [0, 0.1) is 0 Å². The van der Waals surface area contributed by atoms with Crippen LogP contribution < -0.4 is 0 Å². The Morgan fingerprint density at radius 1 is 0.304 bits per heavy atom. The van der Waals surface area contributed by atoms with Crippen LogP contribution in [0.3, 0.4) is 0 Å². The molecule has 69 heavy (non-hydrogen) atoms. The lowest BCUT2D eigenvalue weighted by Crippen LogP contribution is -2.30. The maximum atomic E-state index is 12.8. The van der Waals surface area contributed by atoms with Crippen LogP contribution in [0.1, 0.15) is 252 Å². The van der Waals surface area contributed by atoms with Gasteiger partial charge in [-0.3, -0.25) is 14.4 Å². The zero-order valence-corrected chi connectivity index (χ0v) is 44.8. The average molecular weight is 958 g/mol. The number of carbonyl (C=O) groups excluding carboxylic acids is 3. The predicted octanol–water partition coefficient (Wildman–Crippen LogP) is 19.1. The molecular formula is C63H104O6. The summed E-state index contributed by atoms with van der Waals surface area (Å²) in [4.78, 5) is 38.1. The molecule has 6 nitrogen and oxygen atoms in total. The molecular weight excluding hydrogens is 853 g/mol. The third-order valence-electron chi connectivity index (χ3n) is 11.7. The van der Waals surface area contributed by atoms with Crippen molar-refractivity contribution in [3.8, 4) is 0 Å². The van der Waals surface area contributed by atoms with Gasteiger partial charge < -0.3 is 14.2 Å². The molecule has 0 radical (unpaired) electrons. The molecule has 6 heteroatoms. The molecule has 0 aromatic carbocycles. The summed E-state index contributed by atoms with van der Waals surface area (Å²) in [6.07, 6.45) is 76.6. The SMILES string of the molecule is CC/C=C\C/C=C\C/C=C\C/C=C\C/C=C\C/C=C\CCC(=O)OC(COC(=O)CCCCCCC/C=C\CCCC)COC(=O)CCCCCCCCCCC/C=C\C/C=C\CCCCCCC. The number of hydrogen-bond donors (Lipinski definition) is 0. The number of hydrogen-bond acceptors (Lipinski definition) is 6. The van der Waals surface area contributed by atoms with E-state index >= 15 is 0 Å². The molecule has 1 atom stereocenters. The van der Waals surface area contributed by atoms with Gasteiger partial charge in [0.2, 0.25) is 0 Å². The number of allylic oxidation sites excluding steroid dienone is 18. The van der Waals surface area contributed by atoms with Crippen LogP contribution in [0.25, 0.3) is 0 Å². The van der Waals surface area contributed by atoms with E-state index in [-0.39, 0.29) is 31.6 Å². The Kier molecular flexibility index (Phi) is 53.4. The van der Waals surface area contributed by atoms with Gasteiger partial charge in [-0.25, -0.2) is 0 Å². The second kappa shape index (κ2) is 56.7. The molecule has 1 unspecified atom stereocenters. The number of carbonyl (C=O) groups is 3. The Hall–Kier alpha value is -3.93. The highest BCUT2D eigenvalue weighted by molar-refractivity contribution is 5.71. The molecule has 0 saturated heterocycles. The van der Waals surface area contributed by atoms with Gasteiger partial charge in [0.25, 0.3) is 0 Å². The fourth-order valence-electron chi connectivity index (χ4n) is 7.48. The van der Waals surface area contributed by atoms with Crippen molar-refractivity contribution in [3.63, 3.8) is 0 Å².